The van der Waals surface area contributed by atoms with Crippen LogP contribution in [0.2, 0.25) is 0 Å². The molecule has 1 aromatic carbocycles. The van der Waals surface area contributed by atoms with Gasteiger partial charge in [0.2, 0.25) is 0 Å². The lowest BCUT2D eigenvalue weighted by atomic mass is 10.2. The van der Waals surface area contributed by atoms with Crippen LogP contribution >= 0.6 is 0 Å². The molecule has 0 spiro atoms. The van der Waals surface area contributed by atoms with Crippen LogP contribution in [0.5, 0.6) is 0 Å². The van der Waals surface area contributed by atoms with Crippen molar-refractivity contribution in [2.45, 2.75) is 36.8 Å². The van der Waals surface area contributed by atoms with Gasteiger partial charge in [0.25, 0.3) is 0 Å². The molecule has 0 aliphatic heterocycles. The van der Waals surface area contributed by atoms with Crippen LogP contribution in [0.1, 0.15) is 26.7 Å². The Morgan fingerprint density at radius 2 is 1.94 bits per heavy atom. The smallest absolute Gasteiger partial charge is 0.322 e. The molecule has 0 aromatic heterocycles. The van der Waals surface area contributed by atoms with Crippen LogP contribution in [-0.4, -0.2) is 22.0 Å². The highest BCUT2D eigenvalue weighted by Gasteiger charge is 2.26. The lowest BCUT2D eigenvalue weighted by Gasteiger charge is -2.14. The summed E-state index contributed by atoms with van der Waals surface area (Å²) in [5, 5.41) is -0.680. The fourth-order valence-corrected chi connectivity index (χ4v) is 2.97. The number of benzene rings is 1. The monoisotopic (exact) mass is 272 g/mol. The van der Waals surface area contributed by atoms with Gasteiger partial charge in [0.1, 0.15) is 11.1 Å². The van der Waals surface area contributed by atoms with Crippen LogP contribution in [0, 0.1) is 5.82 Å². The molecule has 0 aliphatic carbocycles. The Kier molecular flexibility index (Phi) is 5.98. The fourth-order valence-electron chi connectivity index (χ4n) is 1.54. The molecule has 0 saturated heterocycles. The summed E-state index contributed by atoms with van der Waals surface area (Å²) in [6, 6.07) is 5.35. The predicted octanol–water partition coefficient (Wildman–Crippen LogP) is 2.67. The number of halogens is 1. The maximum Gasteiger partial charge on any atom is 0.322 e. The first kappa shape index (κ1) is 14.8. The molecule has 0 saturated carbocycles. The zero-order valence-electron chi connectivity index (χ0n) is 10.5. The van der Waals surface area contributed by atoms with Crippen LogP contribution < -0.4 is 0 Å². The third-order valence-corrected chi connectivity index (χ3v) is 4.09. The van der Waals surface area contributed by atoms with E-state index in [9.17, 15) is 13.4 Å². The molecule has 0 amide bonds. The van der Waals surface area contributed by atoms with Crippen molar-refractivity contribution in [2.24, 2.45) is 0 Å². The van der Waals surface area contributed by atoms with Crippen molar-refractivity contribution in [3.63, 3.8) is 0 Å². The molecule has 2 atom stereocenters. The van der Waals surface area contributed by atoms with Gasteiger partial charge in [-0.25, -0.2) is 4.39 Å². The lowest BCUT2D eigenvalue weighted by Crippen LogP contribution is -2.28. The molecule has 0 fully saturated rings. The zero-order valence-corrected chi connectivity index (χ0v) is 11.3. The van der Waals surface area contributed by atoms with Crippen molar-refractivity contribution in [1.82, 2.24) is 0 Å². The molecule has 18 heavy (non-hydrogen) atoms. The van der Waals surface area contributed by atoms with E-state index in [1.807, 2.05) is 6.92 Å². The van der Waals surface area contributed by atoms with Gasteiger partial charge in [-0.15, -0.1) is 0 Å². The maximum absolute atomic E-state index is 12.8. The van der Waals surface area contributed by atoms with Crippen molar-refractivity contribution in [1.29, 1.82) is 0 Å². The van der Waals surface area contributed by atoms with E-state index in [1.165, 1.54) is 24.3 Å². The minimum Gasteiger partial charge on any atom is -0.465 e. The largest absolute Gasteiger partial charge is 0.465 e. The maximum atomic E-state index is 12.8. The van der Waals surface area contributed by atoms with Crippen LogP contribution in [-0.2, 0) is 20.3 Å². The molecule has 0 N–H and O–H groups in total. The Morgan fingerprint density at radius 1 is 1.33 bits per heavy atom. The molecule has 1 rings (SSSR count). The standard InChI is InChI=1S/C13H17FO3S/c1-3-5-12(13(15)17-4-2)18(16)11-8-6-10(14)7-9-11/h6-9,12H,3-5H2,1-2H3. The Bertz CT molecular complexity index is 417. The predicted molar refractivity (Wildman–Crippen MR) is 68.1 cm³/mol. The Morgan fingerprint density at radius 3 is 2.44 bits per heavy atom. The van der Waals surface area contributed by atoms with Gasteiger partial charge in [-0.05, 0) is 37.6 Å². The lowest BCUT2D eigenvalue weighted by molar-refractivity contribution is -0.142. The number of ether oxygens (including phenoxy) is 1. The van der Waals surface area contributed by atoms with E-state index >= 15 is 0 Å². The van der Waals surface area contributed by atoms with Gasteiger partial charge in [0.15, 0.2) is 0 Å². The summed E-state index contributed by atoms with van der Waals surface area (Å²) in [5.74, 6) is -0.846. The van der Waals surface area contributed by atoms with Gasteiger partial charge in [0.05, 0.1) is 17.4 Å². The van der Waals surface area contributed by atoms with E-state index in [4.69, 9.17) is 4.74 Å². The minimum absolute atomic E-state index is 0.264. The normalized spacial score (nSPS) is 13.9. The summed E-state index contributed by atoms with van der Waals surface area (Å²) in [6.45, 7) is 3.88. The van der Waals surface area contributed by atoms with E-state index < -0.39 is 22.0 Å². The molecular formula is C13H17FO3S. The highest BCUT2D eigenvalue weighted by atomic mass is 32.2. The molecule has 100 valence electrons. The molecule has 5 heteroatoms. The Labute approximate surface area is 109 Å². The Hall–Kier alpha value is -1.23. The molecule has 0 bridgehead atoms. The second-order valence-corrected chi connectivity index (χ2v) is 5.42. The third kappa shape index (κ3) is 3.91. The molecule has 0 aliphatic rings. The fraction of sp³-hybridized carbons (Fsp3) is 0.462. The van der Waals surface area contributed by atoms with Gasteiger partial charge in [-0.2, -0.15) is 0 Å². The first-order valence-corrected chi connectivity index (χ1v) is 7.14. The van der Waals surface area contributed by atoms with Gasteiger partial charge < -0.3 is 4.74 Å². The van der Waals surface area contributed by atoms with Crippen molar-refractivity contribution in [2.75, 3.05) is 6.61 Å². The highest BCUT2D eigenvalue weighted by Crippen LogP contribution is 2.17. The van der Waals surface area contributed by atoms with Gasteiger partial charge >= 0.3 is 5.97 Å². The highest BCUT2D eigenvalue weighted by molar-refractivity contribution is 7.86. The number of rotatable bonds is 6. The van der Waals surface area contributed by atoms with Crippen molar-refractivity contribution < 1.29 is 18.1 Å². The molecule has 0 radical (unpaired) electrons. The van der Waals surface area contributed by atoms with E-state index in [1.54, 1.807) is 6.92 Å². The van der Waals surface area contributed by atoms with Crippen molar-refractivity contribution >= 4 is 16.8 Å². The first-order valence-electron chi connectivity index (χ1n) is 5.92. The van der Waals surface area contributed by atoms with Gasteiger partial charge in [-0.1, -0.05) is 13.3 Å². The summed E-state index contributed by atoms with van der Waals surface area (Å²) in [5.41, 5.74) is 0. The van der Waals surface area contributed by atoms with E-state index in [0.29, 0.717) is 11.3 Å². The summed E-state index contributed by atoms with van der Waals surface area (Å²) in [4.78, 5) is 12.2. The van der Waals surface area contributed by atoms with E-state index in [-0.39, 0.29) is 12.4 Å². The minimum atomic E-state index is -1.50. The number of hydrogen-bond acceptors (Lipinski definition) is 3. The number of carbonyl (C=O) groups is 1. The Balaban J connectivity index is 2.88. The van der Waals surface area contributed by atoms with Crippen molar-refractivity contribution in [3.8, 4) is 0 Å². The summed E-state index contributed by atoms with van der Waals surface area (Å²) in [7, 11) is -1.50. The van der Waals surface area contributed by atoms with E-state index in [0.717, 1.165) is 6.42 Å². The average Bonchev–Trinajstić information content (AvgIpc) is 2.36. The molecule has 1 aromatic rings. The molecule has 2 unspecified atom stereocenters. The molecule has 3 nitrogen and oxygen atoms in total. The van der Waals surface area contributed by atoms with E-state index in [2.05, 4.69) is 0 Å². The molecular weight excluding hydrogens is 255 g/mol. The van der Waals surface area contributed by atoms with Crippen molar-refractivity contribution in [3.05, 3.63) is 30.1 Å². The number of esters is 1. The van der Waals surface area contributed by atoms with Crippen LogP contribution in [0.15, 0.2) is 29.2 Å². The summed E-state index contributed by atoms with van der Waals surface area (Å²) >= 11 is 0. The van der Waals surface area contributed by atoms with Gasteiger partial charge in [-0.3, -0.25) is 9.00 Å². The van der Waals surface area contributed by atoms with Gasteiger partial charge in [0, 0.05) is 4.90 Å². The average molecular weight is 272 g/mol. The summed E-state index contributed by atoms with van der Waals surface area (Å²) in [6.07, 6.45) is 1.22. The quantitative estimate of drug-likeness (QED) is 0.748. The number of carbonyl (C=O) groups excluding carboxylic acids is 1. The molecule has 0 heterocycles. The second kappa shape index (κ2) is 7.26. The van der Waals surface area contributed by atoms with Crippen LogP contribution in [0.25, 0.3) is 0 Å². The zero-order chi connectivity index (χ0) is 13.5. The number of hydrogen-bond donors (Lipinski definition) is 0. The summed E-state index contributed by atoms with van der Waals surface area (Å²) < 4.78 is 30.0. The van der Waals surface area contributed by atoms with Crippen LogP contribution in [0.3, 0.4) is 0 Å². The van der Waals surface area contributed by atoms with Crippen LogP contribution in [0.4, 0.5) is 4.39 Å². The third-order valence-electron chi connectivity index (χ3n) is 2.40. The second-order valence-electron chi connectivity index (χ2n) is 3.78. The first-order chi connectivity index (χ1) is 8.60. The topological polar surface area (TPSA) is 43.4 Å². The SMILES string of the molecule is CCCC(C(=O)OCC)S(=O)c1ccc(F)cc1.